The number of amides is 1. The number of halogens is 4. The maximum atomic E-state index is 15.0. The quantitative estimate of drug-likeness (QED) is 0.0770. The number of anilines is 1. The molecule has 7 aromatic rings. The molecule has 6 heterocycles. The van der Waals surface area contributed by atoms with Gasteiger partial charge >= 0.3 is 80.9 Å². The molecule has 20 nitrogen and oxygen atoms in total. The van der Waals surface area contributed by atoms with E-state index >= 15 is 4.39 Å². The van der Waals surface area contributed by atoms with E-state index in [0.717, 1.165) is 22.3 Å². The molecule has 0 radical (unpaired) electrons. The Hall–Kier alpha value is -6.77. The van der Waals surface area contributed by atoms with E-state index in [-0.39, 0.29) is 100 Å². The Morgan fingerprint density at radius 3 is 1.68 bits per heavy atom. The summed E-state index contributed by atoms with van der Waals surface area (Å²) in [5.41, 5.74) is 4.75. The van der Waals surface area contributed by atoms with Gasteiger partial charge in [-0.1, -0.05) is 19.1 Å². The number of fused-ring (bicyclic) bond motifs is 2. The predicted molar refractivity (Wildman–Crippen MR) is 247 cm³/mol. The fraction of sp³-hybridized carbons (Fsp3) is 0.283. The Morgan fingerprint density at radius 1 is 0.761 bits per heavy atom. The molecule has 0 aliphatic heterocycles. The first-order chi connectivity index (χ1) is 33.2. The number of esters is 2. The van der Waals surface area contributed by atoms with Crippen molar-refractivity contribution < 1.29 is 94.2 Å². The zero-order valence-electron chi connectivity index (χ0n) is 40.3. The second-order valence-electron chi connectivity index (χ2n) is 15.7. The maximum Gasteiger partial charge on any atom is 1.00 e. The molecular formula is C46H46F4KN11O9. The van der Waals surface area contributed by atoms with E-state index < -0.39 is 76.0 Å². The molecule has 3 atom stereocenters. The zero-order chi connectivity index (χ0) is 51.2. The molecule has 0 unspecified atom stereocenters. The van der Waals surface area contributed by atoms with Gasteiger partial charge in [-0.25, -0.2) is 37.9 Å². The van der Waals surface area contributed by atoms with Gasteiger partial charge in [0.25, 0.3) is 17.0 Å². The van der Waals surface area contributed by atoms with Gasteiger partial charge in [0.1, 0.15) is 35.6 Å². The SMILES string of the molecule is CC[C@@H](Nc1cc(C)c(C(=O)N[C@@H](Cc2ccc(-n3c(=O)c4ccncc4n(C)c3=O)nc2)C(=O)OC)c(F)c1)C(F)(F)F.COC(=O)[C@@H](N)Cc1ccc(-n2c(=O)c3ccncc3n(C)c2=O)nc1.[H-].[K+]. The standard InChI is InChI=1S/C29H28F4N6O5.C17H17N5O4.K.H/c1-5-22(29(31,32)33)36-17-10-15(2)24(19(30)12-17)25(40)37-20(27(42)44-4)11-16-6-7-23(35-13-16)39-26(41)18-8-9-34-14-21(18)38(3)28(39)43;1-21-13-9-19-6-5-11(13)15(23)22(17(21)25)14-4-3-10(8-20-14)7-12(18)16(24)26-2;;/h6-10,12-14,20,22,36H,5,11H2,1-4H3,(H,37,40);3-6,8-9,12H,7,18H2,1-2H3;;/q;;+1;-1/t20-,22+;12-;;/m00../s1. The van der Waals surface area contributed by atoms with E-state index in [1.165, 1.54) is 105 Å². The number of nitrogens with zero attached hydrogens (tertiary/aromatic N) is 8. The van der Waals surface area contributed by atoms with Gasteiger partial charge in [-0.15, -0.1) is 0 Å². The number of carbonyl (C=O) groups is 3. The van der Waals surface area contributed by atoms with E-state index in [1.54, 1.807) is 19.2 Å². The van der Waals surface area contributed by atoms with Crippen LogP contribution in [0.5, 0.6) is 0 Å². The van der Waals surface area contributed by atoms with Crippen LogP contribution in [0.3, 0.4) is 0 Å². The average Bonchev–Trinajstić information content (AvgIpc) is 3.34. The number of carbonyl (C=O) groups excluding carboxylic acids is 3. The molecule has 4 N–H and O–H groups in total. The van der Waals surface area contributed by atoms with Crippen LogP contribution in [0.1, 0.15) is 41.8 Å². The van der Waals surface area contributed by atoms with Crippen molar-refractivity contribution in [2.24, 2.45) is 19.8 Å². The predicted octanol–water partition coefficient (Wildman–Crippen LogP) is -0.167. The molecule has 368 valence electrons. The molecule has 0 saturated heterocycles. The maximum absolute atomic E-state index is 15.0. The van der Waals surface area contributed by atoms with Crippen LogP contribution in [-0.2, 0) is 46.0 Å². The molecule has 1 aromatic carbocycles. The van der Waals surface area contributed by atoms with Crippen molar-refractivity contribution in [2.45, 2.75) is 57.4 Å². The van der Waals surface area contributed by atoms with E-state index in [1.807, 2.05) is 0 Å². The Balaban J connectivity index is 0.000000343. The summed E-state index contributed by atoms with van der Waals surface area (Å²) in [5.74, 6) is -3.26. The average molecular weight is 1010 g/mol. The smallest absolute Gasteiger partial charge is 1.00 e. The van der Waals surface area contributed by atoms with Crippen molar-refractivity contribution in [1.82, 2.24) is 43.5 Å². The van der Waals surface area contributed by atoms with Crippen LogP contribution in [0, 0.1) is 12.7 Å². The van der Waals surface area contributed by atoms with E-state index in [0.29, 0.717) is 27.5 Å². The van der Waals surface area contributed by atoms with Crippen molar-refractivity contribution in [3.8, 4) is 11.6 Å². The largest absolute Gasteiger partial charge is 1.00 e. The van der Waals surface area contributed by atoms with Crippen molar-refractivity contribution in [3.05, 3.63) is 155 Å². The van der Waals surface area contributed by atoms with Crippen molar-refractivity contribution >= 4 is 45.3 Å². The fourth-order valence-electron chi connectivity index (χ4n) is 7.35. The fourth-order valence-corrected chi connectivity index (χ4v) is 7.35. The number of ether oxygens (including phenoxy) is 2. The molecule has 0 bridgehead atoms. The first-order valence-electron chi connectivity index (χ1n) is 21.1. The number of nitrogens with two attached hydrogens (primary N) is 1. The first kappa shape index (κ1) is 55.2. The summed E-state index contributed by atoms with van der Waals surface area (Å²) in [6.07, 6.45) is 3.76. The number of benzene rings is 1. The molecule has 0 spiro atoms. The third kappa shape index (κ3) is 12.2. The van der Waals surface area contributed by atoms with Gasteiger partial charge in [0.15, 0.2) is 0 Å². The monoisotopic (exact) mass is 1010 g/mol. The number of pyridine rings is 4. The topological polar surface area (TPSA) is 259 Å². The van der Waals surface area contributed by atoms with Crippen LogP contribution in [0.15, 0.2) is 105 Å². The van der Waals surface area contributed by atoms with Crippen molar-refractivity contribution in [3.63, 3.8) is 0 Å². The third-order valence-electron chi connectivity index (χ3n) is 11.1. The Kier molecular flexibility index (Phi) is 18.2. The van der Waals surface area contributed by atoms with E-state index in [9.17, 15) is 46.7 Å². The summed E-state index contributed by atoms with van der Waals surface area (Å²) >= 11 is 0. The molecular weight excluding hydrogens is 966 g/mol. The summed E-state index contributed by atoms with van der Waals surface area (Å²) in [5, 5.41) is 5.25. The van der Waals surface area contributed by atoms with Gasteiger partial charge < -0.3 is 27.3 Å². The number of nitrogens with one attached hydrogen (secondary N) is 2. The summed E-state index contributed by atoms with van der Waals surface area (Å²) in [4.78, 5) is 104. The third-order valence-corrected chi connectivity index (χ3v) is 11.1. The molecule has 7 rings (SSSR count). The summed E-state index contributed by atoms with van der Waals surface area (Å²) in [6, 6.07) is 7.06. The first-order valence-corrected chi connectivity index (χ1v) is 21.1. The van der Waals surface area contributed by atoms with Crippen LogP contribution >= 0.6 is 0 Å². The van der Waals surface area contributed by atoms with Crippen LogP contribution in [-0.4, -0.2) is 94.6 Å². The second kappa shape index (κ2) is 23.4. The number of aryl methyl sites for hydroxylation is 3. The van der Waals surface area contributed by atoms with Crippen molar-refractivity contribution in [2.75, 3.05) is 19.5 Å². The van der Waals surface area contributed by atoms with Crippen molar-refractivity contribution in [1.29, 1.82) is 0 Å². The van der Waals surface area contributed by atoms with Gasteiger partial charge in [0.2, 0.25) is 0 Å². The minimum Gasteiger partial charge on any atom is -1.00 e. The van der Waals surface area contributed by atoms with Crippen LogP contribution in [0.2, 0.25) is 0 Å². The zero-order valence-corrected chi connectivity index (χ0v) is 42.4. The number of methoxy groups -OCH3 is 2. The van der Waals surface area contributed by atoms with E-state index in [4.69, 9.17) is 10.5 Å². The summed E-state index contributed by atoms with van der Waals surface area (Å²) in [6.45, 7) is 2.68. The molecule has 0 aliphatic rings. The molecule has 1 amide bonds. The number of rotatable bonds is 13. The van der Waals surface area contributed by atoms with Gasteiger partial charge in [-0.2, -0.15) is 13.2 Å². The number of hydrogen-bond acceptors (Lipinski definition) is 15. The Morgan fingerprint density at radius 2 is 1.25 bits per heavy atom. The minimum atomic E-state index is -4.56. The van der Waals surface area contributed by atoms with Crippen LogP contribution in [0.4, 0.5) is 23.2 Å². The molecule has 25 heteroatoms. The molecule has 0 fully saturated rings. The molecule has 0 saturated carbocycles. The van der Waals surface area contributed by atoms with Gasteiger partial charge in [-0.05, 0) is 72.9 Å². The van der Waals surface area contributed by atoms with Crippen LogP contribution in [0.25, 0.3) is 33.4 Å². The summed E-state index contributed by atoms with van der Waals surface area (Å²) in [7, 11) is 5.41. The number of aromatic nitrogens is 8. The molecule has 0 aliphatic carbocycles. The number of hydrogen-bond donors (Lipinski definition) is 3. The van der Waals surface area contributed by atoms with Crippen LogP contribution < -0.4 is 90.2 Å². The second-order valence-corrected chi connectivity index (χ2v) is 15.7. The minimum absolute atomic E-state index is 0. The summed E-state index contributed by atoms with van der Waals surface area (Å²) < 4.78 is 68.3. The van der Waals surface area contributed by atoms with Gasteiger partial charge in [0.05, 0.1) is 54.0 Å². The van der Waals surface area contributed by atoms with Gasteiger partial charge in [-0.3, -0.25) is 38.3 Å². The molecule has 71 heavy (non-hydrogen) atoms. The molecule has 6 aromatic heterocycles. The number of alkyl halides is 3. The normalized spacial score (nSPS) is 12.4. The van der Waals surface area contributed by atoms with E-state index in [2.05, 4.69) is 35.3 Å². The van der Waals surface area contributed by atoms with Gasteiger partial charge in [0, 0.05) is 51.0 Å². The Labute approximate surface area is 443 Å². The Bertz CT molecular complexity index is 3350.